The second kappa shape index (κ2) is 11.7. The van der Waals surface area contributed by atoms with Crippen LogP contribution in [0.5, 0.6) is 0 Å². The van der Waals surface area contributed by atoms with Crippen LogP contribution < -0.4 is 10.6 Å². The molecular formula is C28H27F4N2O2. The Morgan fingerprint density at radius 1 is 1.03 bits per heavy atom. The Bertz CT molecular complexity index is 1190. The van der Waals surface area contributed by atoms with Crippen LogP contribution in [0, 0.1) is 30.2 Å². The van der Waals surface area contributed by atoms with Gasteiger partial charge in [0, 0.05) is 42.2 Å². The molecule has 4 nitrogen and oxygen atoms in total. The minimum atomic E-state index is -0.811. The van der Waals surface area contributed by atoms with Crippen molar-refractivity contribution in [3.63, 3.8) is 0 Å². The molecule has 4 rings (SSSR count). The van der Waals surface area contributed by atoms with Gasteiger partial charge in [-0.3, -0.25) is 4.79 Å². The maximum absolute atomic E-state index is 14.7. The summed E-state index contributed by atoms with van der Waals surface area (Å²) in [6.45, 7) is 4.96. The van der Waals surface area contributed by atoms with Crippen LogP contribution in [0.3, 0.4) is 0 Å². The summed E-state index contributed by atoms with van der Waals surface area (Å²) in [5.74, 6) is -3.78. The zero-order valence-electron chi connectivity index (χ0n) is 19.6. The van der Waals surface area contributed by atoms with E-state index in [4.69, 9.17) is 4.74 Å². The number of morpholine rings is 1. The van der Waals surface area contributed by atoms with E-state index in [9.17, 15) is 22.4 Å². The predicted octanol–water partition coefficient (Wildman–Crippen LogP) is 5.53. The van der Waals surface area contributed by atoms with Gasteiger partial charge in [-0.05, 0) is 61.2 Å². The van der Waals surface area contributed by atoms with E-state index in [0.29, 0.717) is 42.8 Å². The van der Waals surface area contributed by atoms with Gasteiger partial charge >= 0.3 is 0 Å². The second-order valence-corrected chi connectivity index (χ2v) is 8.89. The molecule has 1 aliphatic heterocycles. The van der Waals surface area contributed by atoms with Crippen molar-refractivity contribution in [1.82, 2.24) is 5.32 Å². The molecule has 1 amide bonds. The summed E-state index contributed by atoms with van der Waals surface area (Å²) in [5.41, 5.74) is 1.25. The Morgan fingerprint density at radius 3 is 2.47 bits per heavy atom. The number of hydrogen-bond donors (Lipinski definition) is 2. The van der Waals surface area contributed by atoms with Crippen molar-refractivity contribution in [1.29, 1.82) is 0 Å². The zero-order valence-corrected chi connectivity index (χ0v) is 19.6. The number of nitrogens with one attached hydrogen (secondary N) is 2. The summed E-state index contributed by atoms with van der Waals surface area (Å²) in [7, 11) is 0. The van der Waals surface area contributed by atoms with Gasteiger partial charge in [0.1, 0.15) is 23.3 Å². The van der Waals surface area contributed by atoms with Crippen molar-refractivity contribution in [3.8, 4) is 0 Å². The van der Waals surface area contributed by atoms with E-state index in [1.165, 1.54) is 42.5 Å². The standard InChI is InChI=1S/C28H27F4N2O2/c1-17-16-36-21(15-33-17)10-12-23-25(31)3-2-4-27(23)34-28(35)14-24(18-5-7-19(29)8-6-18)22-11-9-20(30)13-26(22)32/h2-9,11,13,17,21,24,33H,1,10,12,14-16H2,(H,34,35)/t17-,21+,24-/m0/s1. The molecule has 0 saturated carbocycles. The lowest BCUT2D eigenvalue weighted by atomic mass is 9.87. The number of amides is 1. The third-order valence-corrected chi connectivity index (χ3v) is 6.28. The first-order valence-electron chi connectivity index (χ1n) is 11.8. The van der Waals surface area contributed by atoms with Gasteiger partial charge in [-0.25, -0.2) is 17.6 Å². The minimum absolute atomic E-state index is 0.0181. The van der Waals surface area contributed by atoms with Gasteiger partial charge in [0.2, 0.25) is 5.91 Å². The lowest BCUT2D eigenvalue weighted by Gasteiger charge is -2.28. The molecule has 3 aromatic carbocycles. The number of carbonyl (C=O) groups is 1. The van der Waals surface area contributed by atoms with E-state index in [0.717, 1.165) is 12.1 Å². The first kappa shape index (κ1) is 25.9. The number of halogens is 4. The van der Waals surface area contributed by atoms with E-state index >= 15 is 0 Å². The normalized spacial score (nSPS) is 18.6. The fourth-order valence-electron chi connectivity index (χ4n) is 4.36. The van der Waals surface area contributed by atoms with Crippen LogP contribution >= 0.6 is 0 Å². The van der Waals surface area contributed by atoms with Crippen molar-refractivity contribution in [2.24, 2.45) is 0 Å². The zero-order chi connectivity index (χ0) is 25.7. The van der Waals surface area contributed by atoms with Gasteiger partial charge in [0.25, 0.3) is 0 Å². The molecular weight excluding hydrogens is 472 g/mol. The highest BCUT2D eigenvalue weighted by Gasteiger charge is 2.24. The first-order chi connectivity index (χ1) is 17.3. The molecule has 0 bridgehead atoms. The number of rotatable bonds is 8. The van der Waals surface area contributed by atoms with E-state index in [2.05, 4.69) is 17.6 Å². The maximum atomic E-state index is 14.7. The number of hydrogen-bond acceptors (Lipinski definition) is 3. The van der Waals surface area contributed by atoms with Crippen molar-refractivity contribution in [3.05, 3.63) is 108 Å². The average molecular weight is 500 g/mol. The Balaban J connectivity index is 1.52. The molecule has 0 spiro atoms. The molecule has 3 aromatic rings. The van der Waals surface area contributed by atoms with Crippen molar-refractivity contribution >= 4 is 11.6 Å². The third-order valence-electron chi connectivity index (χ3n) is 6.28. The predicted molar refractivity (Wildman–Crippen MR) is 129 cm³/mol. The molecule has 1 radical (unpaired) electrons. The molecule has 0 unspecified atom stereocenters. The fourth-order valence-corrected chi connectivity index (χ4v) is 4.36. The number of ether oxygens (including phenoxy) is 1. The molecule has 0 aromatic heterocycles. The highest BCUT2D eigenvalue weighted by Crippen LogP contribution is 2.32. The monoisotopic (exact) mass is 499 g/mol. The Labute approximate surface area is 207 Å². The van der Waals surface area contributed by atoms with Crippen LogP contribution in [0.25, 0.3) is 0 Å². The van der Waals surface area contributed by atoms with Crippen LogP contribution in [-0.2, 0) is 16.0 Å². The molecule has 1 heterocycles. The van der Waals surface area contributed by atoms with Gasteiger partial charge in [0.15, 0.2) is 0 Å². The van der Waals surface area contributed by atoms with Crippen molar-refractivity contribution in [2.75, 3.05) is 18.5 Å². The molecule has 8 heteroatoms. The summed E-state index contributed by atoms with van der Waals surface area (Å²) < 4.78 is 62.1. The highest BCUT2D eigenvalue weighted by atomic mass is 19.1. The molecule has 1 fully saturated rings. The lowest BCUT2D eigenvalue weighted by Crippen LogP contribution is -2.45. The number of benzene rings is 3. The van der Waals surface area contributed by atoms with Gasteiger partial charge in [-0.1, -0.05) is 24.3 Å². The van der Waals surface area contributed by atoms with Gasteiger partial charge < -0.3 is 15.4 Å². The van der Waals surface area contributed by atoms with Crippen LogP contribution in [-0.4, -0.2) is 31.2 Å². The summed E-state index contributed by atoms with van der Waals surface area (Å²) >= 11 is 0. The van der Waals surface area contributed by atoms with Crippen LogP contribution in [0.15, 0.2) is 60.7 Å². The Hall–Kier alpha value is -3.23. The summed E-state index contributed by atoms with van der Waals surface area (Å²) in [5, 5.41) is 5.96. The Morgan fingerprint density at radius 2 is 1.78 bits per heavy atom. The number of carbonyl (C=O) groups excluding carboxylic acids is 1. The van der Waals surface area contributed by atoms with E-state index in [1.54, 1.807) is 6.07 Å². The van der Waals surface area contributed by atoms with E-state index < -0.39 is 35.1 Å². The molecule has 3 atom stereocenters. The second-order valence-electron chi connectivity index (χ2n) is 8.89. The van der Waals surface area contributed by atoms with Crippen molar-refractivity contribution in [2.45, 2.75) is 37.3 Å². The first-order valence-corrected chi connectivity index (χ1v) is 11.8. The summed E-state index contributed by atoms with van der Waals surface area (Å²) in [4.78, 5) is 13.1. The fraction of sp³-hybridized carbons (Fsp3) is 0.286. The lowest BCUT2D eigenvalue weighted by molar-refractivity contribution is -0.116. The Kier molecular flexibility index (Phi) is 8.38. The van der Waals surface area contributed by atoms with Gasteiger partial charge in [0.05, 0.1) is 12.7 Å². The summed E-state index contributed by atoms with van der Waals surface area (Å²) in [6.07, 6.45) is 0.563. The van der Waals surface area contributed by atoms with Crippen LogP contribution in [0.1, 0.15) is 35.4 Å². The topological polar surface area (TPSA) is 50.4 Å². The van der Waals surface area contributed by atoms with Gasteiger partial charge in [-0.15, -0.1) is 0 Å². The SMILES string of the molecule is [CH2][C@H]1CO[C@H](CCc2c(F)cccc2NC(=O)C[C@@H](c2ccc(F)cc2)c2ccc(F)cc2F)CN1. The van der Waals surface area contributed by atoms with Crippen LogP contribution in [0.4, 0.5) is 23.2 Å². The number of anilines is 1. The molecule has 1 saturated heterocycles. The quantitative estimate of drug-likeness (QED) is 0.401. The largest absolute Gasteiger partial charge is 0.375 e. The molecule has 36 heavy (non-hydrogen) atoms. The molecule has 1 aliphatic rings. The van der Waals surface area contributed by atoms with Crippen LogP contribution in [0.2, 0.25) is 0 Å². The smallest absolute Gasteiger partial charge is 0.225 e. The maximum Gasteiger partial charge on any atom is 0.225 e. The minimum Gasteiger partial charge on any atom is -0.375 e. The van der Waals surface area contributed by atoms with E-state index in [-0.39, 0.29) is 24.1 Å². The molecule has 2 N–H and O–H groups in total. The summed E-state index contributed by atoms with van der Waals surface area (Å²) in [6, 6.07) is 12.9. The molecule has 189 valence electrons. The van der Waals surface area contributed by atoms with E-state index in [1.807, 2.05) is 0 Å². The van der Waals surface area contributed by atoms with Gasteiger partial charge in [-0.2, -0.15) is 0 Å². The highest BCUT2D eigenvalue weighted by molar-refractivity contribution is 5.92. The third kappa shape index (κ3) is 6.50. The average Bonchev–Trinajstić information content (AvgIpc) is 2.84. The van der Waals surface area contributed by atoms with Crippen molar-refractivity contribution < 1.29 is 27.1 Å². The molecule has 0 aliphatic carbocycles.